The highest BCUT2D eigenvalue weighted by Crippen LogP contribution is 2.34. The van der Waals surface area contributed by atoms with Gasteiger partial charge in [0, 0.05) is 24.0 Å². The Morgan fingerprint density at radius 2 is 2.21 bits per heavy atom. The van der Waals surface area contributed by atoms with Crippen molar-refractivity contribution in [2.45, 2.75) is 6.92 Å². The van der Waals surface area contributed by atoms with Gasteiger partial charge in [-0.15, -0.1) is 12.4 Å². The van der Waals surface area contributed by atoms with Crippen LogP contribution in [0.2, 0.25) is 0 Å². The quantitative estimate of drug-likeness (QED) is 0.914. The monoisotopic (exact) mass is 279 g/mol. The van der Waals surface area contributed by atoms with Gasteiger partial charge in [0.05, 0.1) is 13.4 Å². The largest absolute Gasteiger partial charge is 0.497 e. The molecule has 1 aliphatic rings. The van der Waals surface area contributed by atoms with Gasteiger partial charge in [-0.3, -0.25) is 0 Å². The van der Waals surface area contributed by atoms with Gasteiger partial charge in [0.2, 0.25) is 0 Å². The zero-order chi connectivity index (χ0) is 12.5. The van der Waals surface area contributed by atoms with Crippen LogP contribution < -0.4 is 10.1 Å². The molecule has 3 nitrogen and oxygen atoms in total. The Kier molecular flexibility index (Phi) is 4.17. The van der Waals surface area contributed by atoms with E-state index in [1.165, 1.54) is 5.57 Å². The standard InChI is InChI=1S/C15H17NO2.ClH/c1-10-9-16-5-3-13(10)14-8-12(17-2)7-11-4-6-18-15(11)14;/h3-4,6-8,10,16H,5,9H2,1-2H3;1H. The molecule has 4 heteroatoms. The minimum Gasteiger partial charge on any atom is -0.497 e. The molecule has 0 amide bonds. The van der Waals surface area contributed by atoms with Crippen molar-refractivity contribution in [1.29, 1.82) is 0 Å². The Labute approximate surface area is 119 Å². The summed E-state index contributed by atoms with van der Waals surface area (Å²) in [5, 5.41) is 4.46. The third-order valence-electron chi connectivity index (χ3n) is 3.52. The van der Waals surface area contributed by atoms with Crippen LogP contribution in [0, 0.1) is 5.92 Å². The summed E-state index contributed by atoms with van der Waals surface area (Å²) in [6, 6.07) is 6.06. The average Bonchev–Trinajstić information content (AvgIpc) is 2.86. The fourth-order valence-electron chi connectivity index (χ4n) is 2.56. The molecule has 1 unspecified atom stereocenters. The summed E-state index contributed by atoms with van der Waals surface area (Å²) in [5.41, 5.74) is 3.45. The van der Waals surface area contributed by atoms with Gasteiger partial charge in [0.1, 0.15) is 11.3 Å². The maximum Gasteiger partial charge on any atom is 0.141 e. The molecule has 1 aromatic heterocycles. The number of halogens is 1. The van der Waals surface area contributed by atoms with E-state index < -0.39 is 0 Å². The minimum absolute atomic E-state index is 0. The SMILES string of the molecule is COc1cc(C2=CCNCC2C)c2occc2c1.Cl. The molecule has 2 aromatic rings. The number of methoxy groups -OCH3 is 1. The van der Waals surface area contributed by atoms with E-state index >= 15 is 0 Å². The highest BCUT2D eigenvalue weighted by Gasteiger charge is 2.18. The first kappa shape index (κ1) is 14.0. The number of benzene rings is 1. The Morgan fingerprint density at radius 1 is 1.37 bits per heavy atom. The fourth-order valence-corrected chi connectivity index (χ4v) is 2.56. The molecule has 0 saturated heterocycles. The second-order valence-corrected chi connectivity index (χ2v) is 4.73. The van der Waals surface area contributed by atoms with Crippen molar-refractivity contribution in [3.05, 3.63) is 36.1 Å². The zero-order valence-electron chi connectivity index (χ0n) is 11.1. The van der Waals surface area contributed by atoms with Gasteiger partial charge in [-0.25, -0.2) is 0 Å². The summed E-state index contributed by atoms with van der Waals surface area (Å²) in [6.07, 6.45) is 3.98. The second-order valence-electron chi connectivity index (χ2n) is 4.73. The van der Waals surface area contributed by atoms with Crippen LogP contribution in [-0.4, -0.2) is 20.2 Å². The Morgan fingerprint density at radius 3 is 2.95 bits per heavy atom. The number of hydrogen-bond donors (Lipinski definition) is 1. The van der Waals surface area contributed by atoms with E-state index in [9.17, 15) is 0 Å². The van der Waals surface area contributed by atoms with Gasteiger partial charge in [-0.2, -0.15) is 0 Å². The van der Waals surface area contributed by atoms with Crippen molar-refractivity contribution in [2.24, 2.45) is 5.92 Å². The van der Waals surface area contributed by atoms with Crippen LogP contribution in [0.5, 0.6) is 5.75 Å². The molecule has 0 aliphatic carbocycles. The zero-order valence-corrected chi connectivity index (χ0v) is 11.9. The van der Waals surface area contributed by atoms with E-state index in [-0.39, 0.29) is 12.4 Å². The summed E-state index contributed by atoms with van der Waals surface area (Å²) in [7, 11) is 1.70. The predicted molar refractivity (Wildman–Crippen MR) is 80.0 cm³/mol. The summed E-state index contributed by atoms with van der Waals surface area (Å²) in [6.45, 7) is 4.15. The first-order valence-corrected chi connectivity index (χ1v) is 6.26. The number of nitrogens with one attached hydrogen (secondary N) is 1. The van der Waals surface area contributed by atoms with Crippen LogP contribution in [0.1, 0.15) is 12.5 Å². The molecule has 1 aliphatic heterocycles. The third-order valence-corrected chi connectivity index (χ3v) is 3.52. The molecule has 1 N–H and O–H groups in total. The van der Waals surface area contributed by atoms with E-state index in [0.717, 1.165) is 35.4 Å². The minimum atomic E-state index is 0. The van der Waals surface area contributed by atoms with Gasteiger partial charge >= 0.3 is 0 Å². The van der Waals surface area contributed by atoms with Crippen LogP contribution >= 0.6 is 12.4 Å². The van der Waals surface area contributed by atoms with E-state index in [1.807, 2.05) is 12.1 Å². The van der Waals surface area contributed by atoms with Crippen molar-refractivity contribution >= 4 is 28.9 Å². The van der Waals surface area contributed by atoms with Crippen molar-refractivity contribution in [2.75, 3.05) is 20.2 Å². The van der Waals surface area contributed by atoms with Gasteiger partial charge in [0.25, 0.3) is 0 Å². The molecule has 0 saturated carbocycles. The molecule has 102 valence electrons. The summed E-state index contributed by atoms with van der Waals surface area (Å²) in [4.78, 5) is 0. The molecular weight excluding hydrogens is 262 g/mol. The topological polar surface area (TPSA) is 34.4 Å². The summed E-state index contributed by atoms with van der Waals surface area (Å²) in [5.74, 6) is 1.37. The molecule has 1 aromatic carbocycles. The Balaban J connectivity index is 0.00000133. The normalized spacial score (nSPS) is 18.8. The van der Waals surface area contributed by atoms with Gasteiger partial charge in [-0.1, -0.05) is 13.0 Å². The molecule has 3 rings (SSSR count). The smallest absolute Gasteiger partial charge is 0.141 e. The molecule has 0 fully saturated rings. The van der Waals surface area contributed by atoms with Crippen LogP contribution in [-0.2, 0) is 0 Å². The summed E-state index contributed by atoms with van der Waals surface area (Å²) < 4.78 is 11.0. The van der Waals surface area contributed by atoms with Crippen LogP contribution in [0.4, 0.5) is 0 Å². The number of hydrogen-bond acceptors (Lipinski definition) is 3. The van der Waals surface area contributed by atoms with Crippen LogP contribution in [0.25, 0.3) is 16.5 Å². The lowest BCUT2D eigenvalue weighted by molar-refractivity contribution is 0.415. The van der Waals surface area contributed by atoms with E-state index in [4.69, 9.17) is 9.15 Å². The van der Waals surface area contributed by atoms with E-state index in [0.29, 0.717) is 5.92 Å². The predicted octanol–water partition coefficient (Wildman–Crippen LogP) is 3.49. The molecule has 19 heavy (non-hydrogen) atoms. The lowest BCUT2D eigenvalue weighted by Crippen LogP contribution is -2.27. The van der Waals surface area contributed by atoms with Crippen molar-refractivity contribution < 1.29 is 9.15 Å². The molecule has 2 heterocycles. The van der Waals surface area contributed by atoms with Crippen molar-refractivity contribution in [1.82, 2.24) is 5.32 Å². The highest BCUT2D eigenvalue weighted by atomic mass is 35.5. The number of rotatable bonds is 2. The van der Waals surface area contributed by atoms with E-state index in [1.54, 1.807) is 13.4 Å². The second kappa shape index (κ2) is 5.68. The molecule has 0 spiro atoms. The molecule has 0 radical (unpaired) electrons. The van der Waals surface area contributed by atoms with Crippen molar-refractivity contribution in [3.8, 4) is 5.75 Å². The maximum absolute atomic E-state index is 5.63. The van der Waals surface area contributed by atoms with Gasteiger partial charge < -0.3 is 14.5 Å². The maximum atomic E-state index is 5.63. The van der Waals surface area contributed by atoms with Gasteiger partial charge in [0.15, 0.2) is 0 Å². The number of furan rings is 1. The molecular formula is C15H18ClNO2. The Bertz CT molecular complexity index is 603. The van der Waals surface area contributed by atoms with Crippen LogP contribution in [0.3, 0.4) is 0 Å². The molecule has 1 atom stereocenters. The lowest BCUT2D eigenvalue weighted by atomic mass is 9.90. The number of fused-ring (bicyclic) bond motifs is 1. The average molecular weight is 280 g/mol. The third kappa shape index (κ3) is 2.48. The fraction of sp³-hybridized carbons (Fsp3) is 0.333. The summed E-state index contributed by atoms with van der Waals surface area (Å²) >= 11 is 0. The lowest BCUT2D eigenvalue weighted by Gasteiger charge is -2.22. The highest BCUT2D eigenvalue weighted by molar-refractivity contribution is 5.91. The first-order valence-electron chi connectivity index (χ1n) is 6.26. The van der Waals surface area contributed by atoms with E-state index in [2.05, 4.69) is 24.4 Å². The van der Waals surface area contributed by atoms with Gasteiger partial charge in [-0.05, 0) is 29.7 Å². The van der Waals surface area contributed by atoms with Crippen molar-refractivity contribution in [3.63, 3.8) is 0 Å². The Hall–Kier alpha value is -1.45. The molecule has 0 bridgehead atoms. The number of ether oxygens (including phenoxy) is 1. The first-order chi connectivity index (χ1) is 8.79. The van der Waals surface area contributed by atoms with Crippen LogP contribution in [0.15, 0.2) is 35.0 Å².